The topological polar surface area (TPSA) is 12.0 Å². The zero-order valence-electron chi connectivity index (χ0n) is 8.68. The van der Waals surface area contributed by atoms with Crippen molar-refractivity contribution in [3.05, 3.63) is 40.9 Å². The SMILES string of the molecule is CCc1ccccc1NC/C(C)=C/Cl. The van der Waals surface area contributed by atoms with Gasteiger partial charge in [-0.15, -0.1) is 0 Å². The third-order valence-corrected chi connectivity index (χ3v) is 2.51. The standard InChI is InChI=1S/C12H16ClN/c1-3-11-6-4-5-7-12(11)14-9-10(2)8-13/h4-8,14H,3,9H2,1-2H3/b10-8+. The Balaban J connectivity index is 2.66. The Hall–Kier alpha value is -0.950. The first kappa shape index (κ1) is 11.1. The molecule has 0 spiro atoms. The molecule has 0 saturated carbocycles. The van der Waals surface area contributed by atoms with E-state index in [0.29, 0.717) is 0 Å². The number of benzene rings is 1. The summed E-state index contributed by atoms with van der Waals surface area (Å²) in [4.78, 5) is 0. The van der Waals surface area contributed by atoms with Crippen LogP contribution in [0.15, 0.2) is 35.4 Å². The Morgan fingerprint density at radius 2 is 2.14 bits per heavy atom. The number of hydrogen-bond acceptors (Lipinski definition) is 1. The summed E-state index contributed by atoms with van der Waals surface area (Å²) < 4.78 is 0. The van der Waals surface area contributed by atoms with Gasteiger partial charge in [0.25, 0.3) is 0 Å². The number of anilines is 1. The zero-order valence-corrected chi connectivity index (χ0v) is 9.43. The maximum Gasteiger partial charge on any atom is 0.0375 e. The first-order valence-electron chi connectivity index (χ1n) is 4.85. The van der Waals surface area contributed by atoms with E-state index in [1.54, 1.807) is 5.54 Å². The summed E-state index contributed by atoms with van der Waals surface area (Å²) in [6.45, 7) is 4.97. The third-order valence-electron chi connectivity index (χ3n) is 2.14. The highest BCUT2D eigenvalue weighted by atomic mass is 35.5. The summed E-state index contributed by atoms with van der Waals surface area (Å²) in [6.07, 6.45) is 1.05. The van der Waals surface area contributed by atoms with E-state index in [1.807, 2.05) is 13.0 Å². The van der Waals surface area contributed by atoms with Crippen molar-refractivity contribution in [1.29, 1.82) is 0 Å². The molecule has 1 rings (SSSR count). The predicted molar refractivity (Wildman–Crippen MR) is 63.9 cm³/mol. The number of aryl methyl sites for hydroxylation is 1. The Morgan fingerprint density at radius 1 is 1.43 bits per heavy atom. The van der Waals surface area contributed by atoms with E-state index in [4.69, 9.17) is 11.6 Å². The van der Waals surface area contributed by atoms with E-state index in [-0.39, 0.29) is 0 Å². The van der Waals surface area contributed by atoms with Gasteiger partial charge in [-0.1, -0.05) is 36.7 Å². The van der Waals surface area contributed by atoms with Gasteiger partial charge in [0, 0.05) is 17.8 Å². The van der Waals surface area contributed by atoms with Crippen molar-refractivity contribution >= 4 is 17.3 Å². The van der Waals surface area contributed by atoms with Crippen LogP contribution in [0.4, 0.5) is 5.69 Å². The van der Waals surface area contributed by atoms with Crippen LogP contribution in [0.25, 0.3) is 0 Å². The summed E-state index contributed by atoms with van der Waals surface area (Å²) >= 11 is 5.59. The maximum atomic E-state index is 5.59. The molecule has 0 fully saturated rings. The van der Waals surface area contributed by atoms with Crippen LogP contribution in [0.3, 0.4) is 0 Å². The average molecular weight is 210 g/mol. The molecule has 14 heavy (non-hydrogen) atoms. The molecule has 0 unspecified atom stereocenters. The highest BCUT2D eigenvalue weighted by molar-refractivity contribution is 6.25. The summed E-state index contributed by atoms with van der Waals surface area (Å²) in [6, 6.07) is 8.35. The van der Waals surface area contributed by atoms with Crippen LogP contribution in [0, 0.1) is 0 Å². The predicted octanol–water partition coefficient (Wildman–Crippen LogP) is 3.80. The molecular weight excluding hydrogens is 194 g/mol. The molecule has 0 heterocycles. The first-order chi connectivity index (χ1) is 6.77. The van der Waals surface area contributed by atoms with Gasteiger partial charge in [-0.25, -0.2) is 0 Å². The fourth-order valence-electron chi connectivity index (χ4n) is 1.27. The van der Waals surface area contributed by atoms with Gasteiger partial charge in [-0.3, -0.25) is 0 Å². The van der Waals surface area contributed by atoms with Crippen molar-refractivity contribution < 1.29 is 0 Å². The Labute approximate surface area is 90.8 Å². The van der Waals surface area contributed by atoms with E-state index in [1.165, 1.54) is 11.3 Å². The molecule has 0 aliphatic rings. The Kier molecular flexibility index (Phi) is 4.54. The lowest BCUT2D eigenvalue weighted by Gasteiger charge is -2.10. The van der Waals surface area contributed by atoms with Gasteiger partial charge in [0.2, 0.25) is 0 Å². The van der Waals surface area contributed by atoms with Crippen LogP contribution in [0.2, 0.25) is 0 Å². The molecule has 1 N–H and O–H groups in total. The largest absolute Gasteiger partial charge is 0.381 e. The minimum Gasteiger partial charge on any atom is -0.381 e. The fourth-order valence-corrected chi connectivity index (χ4v) is 1.35. The second-order valence-corrected chi connectivity index (χ2v) is 3.54. The number of para-hydroxylation sites is 1. The van der Waals surface area contributed by atoms with Gasteiger partial charge in [0.05, 0.1) is 0 Å². The summed E-state index contributed by atoms with van der Waals surface area (Å²) in [7, 11) is 0. The van der Waals surface area contributed by atoms with E-state index >= 15 is 0 Å². The number of halogens is 1. The van der Waals surface area contributed by atoms with Crippen molar-refractivity contribution in [3.8, 4) is 0 Å². The van der Waals surface area contributed by atoms with E-state index in [0.717, 1.165) is 18.5 Å². The van der Waals surface area contributed by atoms with Crippen molar-refractivity contribution in [2.45, 2.75) is 20.3 Å². The number of nitrogens with one attached hydrogen (secondary N) is 1. The first-order valence-corrected chi connectivity index (χ1v) is 5.29. The van der Waals surface area contributed by atoms with Gasteiger partial charge in [0.1, 0.15) is 0 Å². The van der Waals surface area contributed by atoms with E-state index in [2.05, 4.69) is 30.4 Å². The van der Waals surface area contributed by atoms with Gasteiger partial charge in [-0.05, 0) is 30.5 Å². The molecule has 0 atom stereocenters. The molecule has 0 radical (unpaired) electrons. The van der Waals surface area contributed by atoms with Crippen molar-refractivity contribution in [2.24, 2.45) is 0 Å². The molecule has 1 aromatic rings. The molecule has 1 aromatic carbocycles. The summed E-state index contributed by atoms with van der Waals surface area (Å²) in [5.74, 6) is 0. The Morgan fingerprint density at radius 3 is 2.79 bits per heavy atom. The molecular formula is C12H16ClN. The maximum absolute atomic E-state index is 5.59. The minimum absolute atomic E-state index is 0.806. The molecule has 0 aliphatic heterocycles. The lowest BCUT2D eigenvalue weighted by atomic mass is 10.1. The molecule has 76 valence electrons. The third kappa shape index (κ3) is 3.08. The fraction of sp³-hybridized carbons (Fsp3) is 0.333. The van der Waals surface area contributed by atoms with E-state index < -0.39 is 0 Å². The number of hydrogen-bond donors (Lipinski definition) is 1. The second-order valence-electron chi connectivity index (χ2n) is 3.32. The van der Waals surface area contributed by atoms with Crippen LogP contribution < -0.4 is 5.32 Å². The van der Waals surface area contributed by atoms with E-state index in [9.17, 15) is 0 Å². The van der Waals surface area contributed by atoms with Crippen molar-refractivity contribution in [2.75, 3.05) is 11.9 Å². The quantitative estimate of drug-likeness (QED) is 0.796. The normalized spacial score (nSPS) is 11.5. The van der Waals surface area contributed by atoms with Crippen LogP contribution in [0.5, 0.6) is 0 Å². The van der Waals surface area contributed by atoms with Gasteiger partial charge in [-0.2, -0.15) is 0 Å². The lowest BCUT2D eigenvalue weighted by molar-refractivity contribution is 1.12. The van der Waals surface area contributed by atoms with Crippen LogP contribution in [-0.2, 0) is 6.42 Å². The van der Waals surface area contributed by atoms with Gasteiger partial charge in [0.15, 0.2) is 0 Å². The molecule has 0 saturated heterocycles. The average Bonchev–Trinajstić information content (AvgIpc) is 2.26. The molecule has 2 heteroatoms. The van der Waals surface area contributed by atoms with Gasteiger partial charge >= 0.3 is 0 Å². The monoisotopic (exact) mass is 209 g/mol. The smallest absolute Gasteiger partial charge is 0.0375 e. The van der Waals surface area contributed by atoms with Crippen LogP contribution >= 0.6 is 11.6 Å². The van der Waals surface area contributed by atoms with Crippen LogP contribution in [-0.4, -0.2) is 6.54 Å². The highest BCUT2D eigenvalue weighted by Gasteiger charge is 1.97. The summed E-state index contributed by atoms with van der Waals surface area (Å²) in [5, 5.41) is 3.36. The second kappa shape index (κ2) is 5.71. The van der Waals surface area contributed by atoms with Gasteiger partial charge < -0.3 is 5.32 Å². The number of rotatable bonds is 4. The molecule has 0 aromatic heterocycles. The Bertz CT molecular complexity index is 318. The van der Waals surface area contributed by atoms with Crippen molar-refractivity contribution in [1.82, 2.24) is 0 Å². The highest BCUT2D eigenvalue weighted by Crippen LogP contribution is 2.15. The van der Waals surface area contributed by atoms with Crippen LogP contribution in [0.1, 0.15) is 19.4 Å². The molecule has 0 amide bonds. The lowest BCUT2D eigenvalue weighted by Crippen LogP contribution is -2.04. The summed E-state index contributed by atoms with van der Waals surface area (Å²) in [5.41, 5.74) is 5.29. The van der Waals surface area contributed by atoms with Crippen molar-refractivity contribution in [3.63, 3.8) is 0 Å². The molecule has 0 bridgehead atoms. The minimum atomic E-state index is 0.806. The zero-order chi connectivity index (χ0) is 10.4. The molecule has 1 nitrogen and oxygen atoms in total. The molecule has 0 aliphatic carbocycles.